The lowest BCUT2D eigenvalue weighted by Crippen LogP contribution is -2.41. The summed E-state index contributed by atoms with van der Waals surface area (Å²) in [7, 11) is 0. The van der Waals surface area contributed by atoms with Gasteiger partial charge in [-0.3, -0.25) is 4.79 Å². The number of hydrogen-bond acceptors (Lipinski definition) is 3. The number of hydrogen-bond donors (Lipinski definition) is 2. The van der Waals surface area contributed by atoms with Gasteiger partial charge in [0.05, 0.1) is 17.3 Å². The van der Waals surface area contributed by atoms with Gasteiger partial charge in [-0.15, -0.1) is 0 Å². The van der Waals surface area contributed by atoms with Crippen LogP contribution in [0.5, 0.6) is 5.75 Å². The third-order valence-electron chi connectivity index (χ3n) is 4.25. The number of aryl methyl sites for hydroxylation is 1. The highest BCUT2D eigenvalue weighted by Crippen LogP contribution is 2.32. The summed E-state index contributed by atoms with van der Waals surface area (Å²) in [6.45, 7) is 5.47. The Hall–Kier alpha value is -2.43. The van der Waals surface area contributed by atoms with Crippen LogP contribution in [0.3, 0.4) is 0 Å². The SMILES string of the molecule is Cc1ccc2n1CCN(C(=O)c1cccc(N)c1O)C2C. The molecule has 0 spiro atoms. The van der Waals surface area contributed by atoms with Crippen molar-refractivity contribution >= 4 is 11.6 Å². The van der Waals surface area contributed by atoms with Crippen LogP contribution in [0.15, 0.2) is 30.3 Å². The number of nitrogen functional groups attached to an aromatic ring is 1. The Morgan fingerprint density at radius 1 is 1.29 bits per heavy atom. The summed E-state index contributed by atoms with van der Waals surface area (Å²) in [4.78, 5) is 14.5. The predicted octanol–water partition coefficient (Wildman–Crippen LogP) is 2.30. The Labute approximate surface area is 123 Å². The molecule has 3 N–H and O–H groups in total. The van der Waals surface area contributed by atoms with E-state index in [9.17, 15) is 9.90 Å². The molecule has 21 heavy (non-hydrogen) atoms. The van der Waals surface area contributed by atoms with Crippen molar-refractivity contribution in [2.24, 2.45) is 0 Å². The van der Waals surface area contributed by atoms with Crippen LogP contribution in [0.4, 0.5) is 5.69 Å². The van der Waals surface area contributed by atoms with Crippen LogP contribution in [-0.4, -0.2) is 27.0 Å². The van der Waals surface area contributed by atoms with Gasteiger partial charge in [-0.25, -0.2) is 0 Å². The molecule has 3 rings (SSSR count). The predicted molar refractivity (Wildman–Crippen MR) is 81.1 cm³/mol. The Balaban J connectivity index is 1.95. The van der Waals surface area contributed by atoms with Crippen molar-refractivity contribution in [3.8, 4) is 5.75 Å². The van der Waals surface area contributed by atoms with E-state index in [2.05, 4.69) is 23.6 Å². The number of fused-ring (bicyclic) bond motifs is 1. The molecule has 2 heterocycles. The number of rotatable bonds is 1. The first-order chi connectivity index (χ1) is 10.0. The van der Waals surface area contributed by atoms with E-state index < -0.39 is 0 Å². The fraction of sp³-hybridized carbons (Fsp3) is 0.312. The number of phenolic OH excluding ortho intramolecular Hbond substituents is 1. The van der Waals surface area contributed by atoms with Crippen LogP contribution < -0.4 is 5.73 Å². The van der Waals surface area contributed by atoms with Crippen molar-refractivity contribution < 1.29 is 9.90 Å². The van der Waals surface area contributed by atoms with Crippen LogP contribution in [0.1, 0.15) is 34.7 Å². The average molecular weight is 285 g/mol. The van der Waals surface area contributed by atoms with E-state index in [0.717, 1.165) is 12.2 Å². The Morgan fingerprint density at radius 2 is 2.05 bits per heavy atom. The van der Waals surface area contributed by atoms with Gasteiger partial charge in [-0.1, -0.05) is 6.07 Å². The maximum atomic E-state index is 12.7. The molecule has 2 aromatic rings. The third-order valence-corrected chi connectivity index (χ3v) is 4.25. The highest BCUT2D eigenvalue weighted by Gasteiger charge is 2.30. The van der Waals surface area contributed by atoms with E-state index in [1.54, 1.807) is 23.1 Å². The van der Waals surface area contributed by atoms with Crippen molar-refractivity contribution in [3.63, 3.8) is 0 Å². The summed E-state index contributed by atoms with van der Waals surface area (Å²) in [6.07, 6.45) is 0. The third kappa shape index (κ3) is 2.05. The number of nitrogens with two attached hydrogens (primary N) is 1. The molecule has 0 saturated heterocycles. The summed E-state index contributed by atoms with van der Waals surface area (Å²) in [5.74, 6) is -0.316. The maximum Gasteiger partial charge on any atom is 0.258 e. The van der Waals surface area contributed by atoms with Crippen LogP contribution in [0.25, 0.3) is 0 Å². The number of carbonyl (C=O) groups excluding carboxylic acids is 1. The Morgan fingerprint density at radius 3 is 2.81 bits per heavy atom. The lowest BCUT2D eigenvalue weighted by molar-refractivity contribution is 0.0640. The van der Waals surface area contributed by atoms with Gasteiger partial charge in [0.15, 0.2) is 5.75 Å². The van der Waals surface area contributed by atoms with Gasteiger partial charge >= 0.3 is 0 Å². The number of aromatic hydroxyl groups is 1. The standard InChI is InChI=1S/C16H19N3O2/c1-10-6-7-14-11(2)19(9-8-18(10)14)16(21)12-4-3-5-13(17)15(12)20/h3-7,11,20H,8-9,17H2,1-2H3. The average Bonchev–Trinajstić information content (AvgIpc) is 2.84. The van der Waals surface area contributed by atoms with Gasteiger partial charge in [0.2, 0.25) is 0 Å². The fourth-order valence-corrected chi connectivity index (χ4v) is 2.99. The zero-order valence-corrected chi connectivity index (χ0v) is 12.2. The van der Waals surface area contributed by atoms with Crippen LogP contribution >= 0.6 is 0 Å². The number of carbonyl (C=O) groups is 1. The lowest BCUT2D eigenvalue weighted by Gasteiger charge is -2.35. The van der Waals surface area contributed by atoms with Crippen molar-refractivity contribution in [2.75, 3.05) is 12.3 Å². The largest absolute Gasteiger partial charge is 0.505 e. The number of anilines is 1. The van der Waals surface area contributed by atoms with Gasteiger partial charge in [-0.05, 0) is 38.1 Å². The van der Waals surface area contributed by atoms with Gasteiger partial charge in [0, 0.05) is 24.5 Å². The molecule has 110 valence electrons. The van der Waals surface area contributed by atoms with E-state index in [1.165, 1.54) is 5.69 Å². The molecule has 1 amide bonds. The highest BCUT2D eigenvalue weighted by molar-refractivity contribution is 5.98. The first-order valence-electron chi connectivity index (χ1n) is 7.05. The molecular formula is C16H19N3O2. The van der Waals surface area contributed by atoms with Crippen LogP contribution in [-0.2, 0) is 6.54 Å². The van der Waals surface area contributed by atoms with E-state index in [0.29, 0.717) is 6.54 Å². The van der Waals surface area contributed by atoms with Gasteiger partial charge in [-0.2, -0.15) is 0 Å². The number of aromatic nitrogens is 1. The fourth-order valence-electron chi connectivity index (χ4n) is 2.99. The lowest BCUT2D eigenvalue weighted by atomic mass is 10.1. The highest BCUT2D eigenvalue weighted by atomic mass is 16.3. The number of amides is 1. The minimum atomic E-state index is -0.183. The van der Waals surface area contributed by atoms with Crippen molar-refractivity contribution in [3.05, 3.63) is 47.3 Å². The first kappa shape index (κ1) is 13.5. The monoisotopic (exact) mass is 285 g/mol. The second-order valence-corrected chi connectivity index (χ2v) is 5.47. The molecule has 1 unspecified atom stereocenters. The summed E-state index contributed by atoms with van der Waals surface area (Å²) >= 11 is 0. The molecule has 5 nitrogen and oxygen atoms in total. The second-order valence-electron chi connectivity index (χ2n) is 5.47. The minimum Gasteiger partial charge on any atom is -0.505 e. The van der Waals surface area contributed by atoms with Crippen molar-refractivity contribution in [1.29, 1.82) is 0 Å². The first-order valence-corrected chi connectivity index (χ1v) is 7.05. The molecule has 0 saturated carbocycles. The summed E-state index contributed by atoms with van der Waals surface area (Å²) < 4.78 is 2.23. The molecule has 0 radical (unpaired) electrons. The molecular weight excluding hydrogens is 266 g/mol. The Kier molecular flexibility index (Phi) is 3.12. The molecule has 1 aliphatic rings. The molecule has 1 aromatic carbocycles. The van der Waals surface area contributed by atoms with E-state index in [-0.39, 0.29) is 28.9 Å². The van der Waals surface area contributed by atoms with Crippen LogP contribution in [0, 0.1) is 6.92 Å². The topological polar surface area (TPSA) is 71.5 Å². The van der Waals surface area contributed by atoms with Gasteiger partial charge < -0.3 is 20.3 Å². The van der Waals surface area contributed by atoms with Gasteiger partial charge in [0.25, 0.3) is 5.91 Å². The second kappa shape index (κ2) is 4.84. The zero-order valence-electron chi connectivity index (χ0n) is 12.2. The molecule has 0 fully saturated rings. The molecule has 1 atom stereocenters. The normalized spacial score (nSPS) is 17.6. The summed E-state index contributed by atoms with van der Waals surface area (Å²) in [5.41, 5.74) is 8.49. The number of nitrogens with zero attached hydrogens (tertiary/aromatic N) is 2. The van der Waals surface area contributed by atoms with E-state index >= 15 is 0 Å². The molecule has 1 aliphatic heterocycles. The smallest absolute Gasteiger partial charge is 0.258 e. The van der Waals surface area contributed by atoms with E-state index in [4.69, 9.17) is 5.73 Å². The van der Waals surface area contributed by atoms with Crippen molar-refractivity contribution in [1.82, 2.24) is 9.47 Å². The number of benzene rings is 1. The minimum absolute atomic E-state index is 0.0271. The van der Waals surface area contributed by atoms with Crippen molar-refractivity contribution in [2.45, 2.75) is 26.4 Å². The number of para-hydroxylation sites is 1. The molecule has 1 aromatic heterocycles. The molecule has 0 aliphatic carbocycles. The van der Waals surface area contributed by atoms with Crippen LogP contribution in [0.2, 0.25) is 0 Å². The summed E-state index contributed by atoms with van der Waals surface area (Å²) in [5, 5.41) is 10.0. The zero-order chi connectivity index (χ0) is 15.1. The van der Waals surface area contributed by atoms with Gasteiger partial charge in [0.1, 0.15) is 0 Å². The van der Waals surface area contributed by atoms with E-state index in [1.807, 2.05) is 6.92 Å². The Bertz CT molecular complexity index is 706. The quantitative estimate of drug-likeness (QED) is 0.624. The molecule has 0 bridgehead atoms. The summed E-state index contributed by atoms with van der Waals surface area (Å²) in [6, 6.07) is 8.97. The molecule has 5 heteroatoms. The number of phenols is 1. The maximum absolute atomic E-state index is 12.7.